The lowest BCUT2D eigenvalue weighted by Gasteiger charge is -2.34. The van der Waals surface area contributed by atoms with E-state index in [1.807, 2.05) is 56.3 Å². The third kappa shape index (κ3) is 4.33. The van der Waals surface area contributed by atoms with Crippen LogP contribution in [-0.4, -0.2) is 12.6 Å². The van der Waals surface area contributed by atoms with Crippen LogP contribution in [0.5, 0.6) is 0 Å². The summed E-state index contributed by atoms with van der Waals surface area (Å²) in [4.78, 5) is 11.8. The van der Waals surface area contributed by atoms with Crippen LogP contribution in [-0.2, 0) is 9.53 Å². The van der Waals surface area contributed by atoms with Crippen LogP contribution in [0.4, 0.5) is 0 Å². The molecule has 0 bridgehead atoms. The van der Waals surface area contributed by atoms with Gasteiger partial charge in [-0.2, -0.15) is 10.5 Å². The van der Waals surface area contributed by atoms with Crippen LogP contribution in [0.1, 0.15) is 38.7 Å². The van der Waals surface area contributed by atoms with Crippen LogP contribution in [0.2, 0.25) is 0 Å². The predicted molar refractivity (Wildman–Crippen MR) is 78.9 cm³/mol. The van der Waals surface area contributed by atoms with Crippen LogP contribution in [0.3, 0.4) is 0 Å². The van der Waals surface area contributed by atoms with Crippen molar-refractivity contribution in [2.24, 2.45) is 11.3 Å². The SMILES string of the molecule is CCOC(=O)CC(C)(C)C(c1ccccc1)C(C#N)C#N. The molecule has 0 radical (unpaired) electrons. The summed E-state index contributed by atoms with van der Waals surface area (Å²) >= 11 is 0. The summed E-state index contributed by atoms with van der Waals surface area (Å²) in [7, 11) is 0. The zero-order valence-corrected chi connectivity index (χ0v) is 12.7. The lowest BCUT2D eigenvalue weighted by Crippen LogP contribution is -2.30. The van der Waals surface area contributed by atoms with Gasteiger partial charge in [-0.1, -0.05) is 44.2 Å². The molecule has 0 aromatic heterocycles. The van der Waals surface area contributed by atoms with E-state index in [4.69, 9.17) is 4.74 Å². The molecule has 21 heavy (non-hydrogen) atoms. The summed E-state index contributed by atoms with van der Waals surface area (Å²) in [6.07, 6.45) is 0.167. The van der Waals surface area contributed by atoms with Crippen molar-refractivity contribution >= 4 is 5.97 Å². The molecule has 4 heteroatoms. The highest BCUT2D eigenvalue weighted by Crippen LogP contribution is 2.43. The van der Waals surface area contributed by atoms with E-state index in [0.29, 0.717) is 6.61 Å². The Labute approximate surface area is 126 Å². The van der Waals surface area contributed by atoms with E-state index in [1.165, 1.54) is 0 Å². The number of nitriles is 2. The summed E-state index contributed by atoms with van der Waals surface area (Å²) < 4.78 is 5.01. The molecular formula is C17H20N2O2. The molecule has 0 amide bonds. The number of rotatable bonds is 6. The highest BCUT2D eigenvalue weighted by atomic mass is 16.5. The summed E-state index contributed by atoms with van der Waals surface area (Å²) in [6.45, 7) is 5.87. The summed E-state index contributed by atoms with van der Waals surface area (Å²) in [5.41, 5.74) is 0.337. The Kier molecular flexibility index (Phi) is 5.93. The van der Waals surface area contributed by atoms with Gasteiger partial charge in [-0.15, -0.1) is 0 Å². The molecule has 0 aliphatic carbocycles. The van der Waals surface area contributed by atoms with Crippen molar-refractivity contribution in [3.05, 3.63) is 35.9 Å². The quantitative estimate of drug-likeness (QED) is 0.750. The Balaban J connectivity index is 3.15. The zero-order chi connectivity index (χ0) is 15.9. The molecule has 0 spiro atoms. The van der Waals surface area contributed by atoms with Crippen LogP contribution >= 0.6 is 0 Å². The van der Waals surface area contributed by atoms with E-state index < -0.39 is 11.3 Å². The van der Waals surface area contributed by atoms with Gasteiger partial charge in [-0.3, -0.25) is 4.79 Å². The molecule has 0 heterocycles. The fraction of sp³-hybridized carbons (Fsp3) is 0.471. The second kappa shape index (κ2) is 7.45. The van der Waals surface area contributed by atoms with Gasteiger partial charge >= 0.3 is 5.97 Å². The molecule has 0 saturated heterocycles. The second-order valence-electron chi connectivity index (χ2n) is 5.59. The minimum atomic E-state index is -0.808. The number of ether oxygens (including phenoxy) is 1. The molecule has 1 atom stereocenters. The molecule has 0 N–H and O–H groups in total. The van der Waals surface area contributed by atoms with E-state index >= 15 is 0 Å². The Morgan fingerprint density at radius 1 is 1.24 bits per heavy atom. The van der Waals surface area contributed by atoms with Gasteiger partial charge in [-0.25, -0.2) is 0 Å². The Morgan fingerprint density at radius 3 is 2.29 bits per heavy atom. The van der Waals surface area contributed by atoms with Gasteiger partial charge in [0.05, 0.1) is 25.2 Å². The van der Waals surface area contributed by atoms with Crippen molar-refractivity contribution in [1.29, 1.82) is 10.5 Å². The maximum absolute atomic E-state index is 11.8. The molecular weight excluding hydrogens is 264 g/mol. The zero-order valence-electron chi connectivity index (χ0n) is 12.7. The normalized spacial score (nSPS) is 12.3. The molecule has 4 nitrogen and oxygen atoms in total. The van der Waals surface area contributed by atoms with Crippen molar-refractivity contribution in [3.63, 3.8) is 0 Å². The third-order valence-electron chi connectivity index (χ3n) is 3.52. The Morgan fingerprint density at radius 2 is 1.81 bits per heavy atom. The van der Waals surface area contributed by atoms with Crippen LogP contribution in [0, 0.1) is 34.0 Å². The average Bonchev–Trinajstić information content (AvgIpc) is 2.44. The second-order valence-corrected chi connectivity index (χ2v) is 5.59. The van der Waals surface area contributed by atoms with Crippen molar-refractivity contribution in [1.82, 2.24) is 0 Å². The lowest BCUT2D eigenvalue weighted by molar-refractivity contribution is -0.145. The van der Waals surface area contributed by atoms with Gasteiger partial charge in [0, 0.05) is 5.92 Å². The maximum atomic E-state index is 11.8. The smallest absolute Gasteiger partial charge is 0.306 e. The number of nitrogens with zero attached hydrogens (tertiary/aromatic N) is 2. The molecule has 1 aromatic carbocycles. The summed E-state index contributed by atoms with van der Waals surface area (Å²) in [5.74, 6) is -1.46. The van der Waals surface area contributed by atoms with E-state index in [9.17, 15) is 15.3 Å². The highest BCUT2D eigenvalue weighted by Gasteiger charge is 2.39. The van der Waals surface area contributed by atoms with Gasteiger partial charge in [0.15, 0.2) is 0 Å². The first-order valence-electron chi connectivity index (χ1n) is 6.96. The van der Waals surface area contributed by atoms with Crippen molar-refractivity contribution in [3.8, 4) is 12.1 Å². The monoisotopic (exact) mass is 284 g/mol. The van der Waals surface area contributed by atoms with Gasteiger partial charge in [0.2, 0.25) is 0 Å². The van der Waals surface area contributed by atoms with E-state index in [0.717, 1.165) is 5.56 Å². The molecule has 0 fully saturated rings. The summed E-state index contributed by atoms with van der Waals surface area (Å²) in [5, 5.41) is 18.5. The molecule has 1 rings (SSSR count). The van der Waals surface area contributed by atoms with Crippen molar-refractivity contribution in [2.45, 2.75) is 33.1 Å². The Hall–Kier alpha value is -2.33. The number of esters is 1. The highest BCUT2D eigenvalue weighted by molar-refractivity contribution is 5.70. The minimum Gasteiger partial charge on any atom is -0.466 e. The molecule has 110 valence electrons. The average molecular weight is 284 g/mol. The fourth-order valence-corrected chi connectivity index (χ4v) is 2.63. The number of hydrogen-bond donors (Lipinski definition) is 0. The molecule has 0 aliphatic rings. The number of carbonyl (C=O) groups excluding carboxylic acids is 1. The Bertz CT molecular complexity index is 538. The topological polar surface area (TPSA) is 73.9 Å². The van der Waals surface area contributed by atoms with Gasteiger partial charge < -0.3 is 4.74 Å². The van der Waals surface area contributed by atoms with Crippen LogP contribution in [0.15, 0.2) is 30.3 Å². The standard InChI is InChI=1S/C17H20N2O2/c1-4-21-15(20)10-17(2,3)16(14(11-18)12-19)13-8-6-5-7-9-13/h5-9,14,16H,4,10H2,1-3H3. The third-order valence-corrected chi connectivity index (χ3v) is 3.52. The molecule has 1 aromatic rings. The number of hydrogen-bond acceptors (Lipinski definition) is 4. The van der Waals surface area contributed by atoms with E-state index in [2.05, 4.69) is 0 Å². The van der Waals surface area contributed by atoms with E-state index in [-0.39, 0.29) is 18.3 Å². The largest absolute Gasteiger partial charge is 0.466 e. The van der Waals surface area contributed by atoms with E-state index in [1.54, 1.807) is 6.92 Å². The lowest BCUT2D eigenvalue weighted by atomic mass is 9.67. The molecule has 0 aliphatic heterocycles. The van der Waals surface area contributed by atoms with Gasteiger partial charge in [-0.05, 0) is 17.9 Å². The first-order valence-corrected chi connectivity index (χ1v) is 6.96. The van der Waals surface area contributed by atoms with Gasteiger partial charge in [0.25, 0.3) is 0 Å². The van der Waals surface area contributed by atoms with Crippen LogP contribution < -0.4 is 0 Å². The number of carbonyl (C=O) groups is 1. The minimum absolute atomic E-state index is 0.167. The van der Waals surface area contributed by atoms with Crippen LogP contribution in [0.25, 0.3) is 0 Å². The van der Waals surface area contributed by atoms with Gasteiger partial charge in [0.1, 0.15) is 5.92 Å². The summed E-state index contributed by atoms with van der Waals surface area (Å²) in [6, 6.07) is 13.5. The first kappa shape index (κ1) is 16.7. The van der Waals surface area contributed by atoms with Crippen molar-refractivity contribution in [2.75, 3.05) is 6.61 Å². The molecule has 1 unspecified atom stereocenters. The van der Waals surface area contributed by atoms with Crippen molar-refractivity contribution < 1.29 is 9.53 Å². The predicted octanol–water partition coefficient (Wildman–Crippen LogP) is 3.41. The molecule has 0 saturated carbocycles. The number of benzene rings is 1. The first-order chi connectivity index (χ1) is 9.96. The maximum Gasteiger partial charge on any atom is 0.306 e. The fourth-order valence-electron chi connectivity index (χ4n) is 2.63.